The van der Waals surface area contributed by atoms with E-state index in [0.717, 1.165) is 13.1 Å². The van der Waals surface area contributed by atoms with Gasteiger partial charge >= 0.3 is 0 Å². The Balaban J connectivity index is 2.10. The predicted octanol–water partition coefficient (Wildman–Crippen LogP) is 1.38. The highest BCUT2D eigenvalue weighted by Gasteiger charge is 2.45. The molecule has 1 fully saturated rings. The van der Waals surface area contributed by atoms with E-state index in [1.807, 2.05) is 12.2 Å². The molecule has 14 heavy (non-hydrogen) atoms. The van der Waals surface area contributed by atoms with E-state index in [9.17, 15) is 4.39 Å². The van der Waals surface area contributed by atoms with Gasteiger partial charge < -0.3 is 10.6 Å². The Labute approximate surface area is 85.0 Å². The summed E-state index contributed by atoms with van der Waals surface area (Å²) in [6, 6.07) is -0.0797. The van der Waals surface area contributed by atoms with E-state index in [1.54, 1.807) is 0 Å². The number of alkyl halides is 1. The molecule has 2 rings (SSSR count). The summed E-state index contributed by atoms with van der Waals surface area (Å²) in [5, 5.41) is 6.54. The Morgan fingerprint density at radius 2 is 2.21 bits per heavy atom. The lowest BCUT2D eigenvalue weighted by molar-refractivity contribution is 0.0456. The average Bonchev–Trinajstić information content (AvgIpc) is 2.52. The van der Waals surface area contributed by atoms with E-state index in [-0.39, 0.29) is 11.6 Å². The molecule has 2 heterocycles. The average molecular weight is 198 g/mol. The smallest absolute Gasteiger partial charge is 0.132 e. The number of nitrogens with one attached hydrogen (secondary N) is 2. The quantitative estimate of drug-likeness (QED) is 0.622. The van der Waals surface area contributed by atoms with Crippen molar-refractivity contribution in [2.75, 3.05) is 13.1 Å². The van der Waals surface area contributed by atoms with Crippen LogP contribution < -0.4 is 10.6 Å². The number of piperidine rings is 1. The van der Waals surface area contributed by atoms with Crippen LogP contribution in [0.4, 0.5) is 4.39 Å². The highest BCUT2D eigenvalue weighted by atomic mass is 19.1. The topological polar surface area (TPSA) is 24.1 Å². The second-order valence-corrected chi connectivity index (χ2v) is 5.09. The lowest BCUT2D eigenvalue weighted by Crippen LogP contribution is -2.58. The van der Waals surface area contributed by atoms with Crippen LogP contribution in [0.5, 0.6) is 0 Å². The van der Waals surface area contributed by atoms with Gasteiger partial charge in [-0.05, 0) is 26.8 Å². The van der Waals surface area contributed by atoms with Gasteiger partial charge in [0, 0.05) is 18.5 Å². The molecule has 80 valence electrons. The van der Waals surface area contributed by atoms with Gasteiger partial charge in [-0.1, -0.05) is 12.2 Å². The van der Waals surface area contributed by atoms with Crippen LogP contribution in [0.25, 0.3) is 0 Å². The van der Waals surface area contributed by atoms with Crippen LogP contribution in [0.3, 0.4) is 0 Å². The number of hydrogen-bond acceptors (Lipinski definition) is 2. The van der Waals surface area contributed by atoms with Crippen LogP contribution in [0.1, 0.15) is 26.7 Å². The fraction of sp³-hybridized carbons (Fsp3) is 0.818. The van der Waals surface area contributed by atoms with Gasteiger partial charge in [-0.2, -0.15) is 0 Å². The first-order valence-electron chi connectivity index (χ1n) is 5.36. The van der Waals surface area contributed by atoms with Crippen molar-refractivity contribution in [2.45, 2.75) is 43.9 Å². The van der Waals surface area contributed by atoms with Crippen molar-refractivity contribution in [2.24, 2.45) is 0 Å². The molecule has 2 aliphatic heterocycles. The van der Waals surface area contributed by atoms with Gasteiger partial charge in [-0.25, -0.2) is 4.39 Å². The van der Waals surface area contributed by atoms with Gasteiger partial charge in [0.25, 0.3) is 0 Å². The highest BCUT2D eigenvalue weighted by molar-refractivity contribution is 5.14. The summed E-state index contributed by atoms with van der Waals surface area (Å²) in [5.74, 6) is 0. The van der Waals surface area contributed by atoms with Gasteiger partial charge in [-0.15, -0.1) is 0 Å². The molecule has 0 aromatic heterocycles. The maximum absolute atomic E-state index is 14.6. The summed E-state index contributed by atoms with van der Waals surface area (Å²) < 4.78 is 14.6. The molecular formula is C11H19FN2. The molecule has 0 radical (unpaired) electrons. The minimum atomic E-state index is -1.07. The van der Waals surface area contributed by atoms with Crippen molar-refractivity contribution in [1.29, 1.82) is 0 Å². The van der Waals surface area contributed by atoms with Crippen LogP contribution in [-0.4, -0.2) is 30.3 Å². The molecule has 0 aliphatic carbocycles. The first-order valence-corrected chi connectivity index (χ1v) is 5.36. The number of rotatable bonds is 1. The molecule has 2 N–H and O–H groups in total. The standard InChI is InChI=1S/C11H19FN2/c1-10(2)8-11(12,5-7-14-10)9-4-3-6-13-9/h3-4,9,13-14H,5-8H2,1-2H3. The Bertz CT molecular complexity index is 250. The third-order valence-electron chi connectivity index (χ3n) is 3.22. The molecule has 0 aromatic rings. The molecule has 0 saturated carbocycles. The molecule has 3 heteroatoms. The Morgan fingerprint density at radius 1 is 1.43 bits per heavy atom. The third-order valence-corrected chi connectivity index (χ3v) is 3.22. The maximum Gasteiger partial charge on any atom is 0.132 e. The molecule has 0 bridgehead atoms. The molecule has 1 saturated heterocycles. The van der Waals surface area contributed by atoms with Gasteiger partial charge in [0.1, 0.15) is 5.67 Å². The lowest BCUT2D eigenvalue weighted by atomic mass is 9.78. The maximum atomic E-state index is 14.6. The van der Waals surface area contributed by atoms with E-state index in [4.69, 9.17) is 0 Å². The monoisotopic (exact) mass is 198 g/mol. The zero-order valence-corrected chi connectivity index (χ0v) is 8.94. The van der Waals surface area contributed by atoms with Crippen molar-refractivity contribution in [3.8, 4) is 0 Å². The minimum Gasteiger partial charge on any atom is -0.312 e. The summed E-state index contributed by atoms with van der Waals surface area (Å²) in [6.07, 6.45) is 5.18. The van der Waals surface area contributed by atoms with E-state index in [2.05, 4.69) is 24.5 Å². The van der Waals surface area contributed by atoms with E-state index in [0.29, 0.717) is 12.8 Å². The molecule has 2 nitrogen and oxygen atoms in total. The minimum absolute atomic E-state index is 0.0783. The molecule has 2 unspecified atom stereocenters. The normalized spacial score (nSPS) is 41.5. The zero-order valence-electron chi connectivity index (χ0n) is 8.94. The first-order chi connectivity index (χ1) is 6.52. The summed E-state index contributed by atoms with van der Waals surface area (Å²) in [5.41, 5.74) is -1.15. The fourth-order valence-electron chi connectivity index (χ4n) is 2.58. The lowest BCUT2D eigenvalue weighted by Gasteiger charge is -2.43. The van der Waals surface area contributed by atoms with Gasteiger partial charge in [0.15, 0.2) is 0 Å². The summed E-state index contributed by atoms with van der Waals surface area (Å²) in [4.78, 5) is 0. The van der Waals surface area contributed by atoms with Crippen LogP contribution in [0.2, 0.25) is 0 Å². The third kappa shape index (κ3) is 1.84. The fourth-order valence-corrected chi connectivity index (χ4v) is 2.58. The molecular weight excluding hydrogens is 179 g/mol. The molecule has 0 aromatic carbocycles. The SMILES string of the molecule is CC1(C)CC(F)(C2C=CCN2)CCN1. The van der Waals surface area contributed by atoms with Crippen LogP contribution in [-0.2, 0) is 0 Å². The van der Waals surface area contributed by atoms with Crippen molar-refractivity contribution >= 4 is 0 Å². The van der Waals surface area contributed by atoms with Crippen LogP contribution >= 0.6 is 0 Å². The van der Waals surface area contributed by atoms with Crippen molar-refractivity contribution in [3.63, 3.8) is 0 Å². The zero-order chi connectivity index (χ0) is 10.2. The van der Waals surface area contributed by atoms with E-state index >= 15 is 0 Å². The Hall–Kier alpha value is -0.410. The second kappa shape index (κ2) is 3.31. The van der Waals surface area contributed by atoms with Crippen molar-refractivity contribution in [3.05, 3.63) is 12.2 Å². The summed E-state index contributed by atoms with van der Waals surface area (Å²) in [6.45, 7) is 5.72. The first kappa shape index (κ1) is 10.1. The Morgan fingerprint density at radius 3 is 2.79 bits per heavy atom. The predicted molar refractivity (Wildman–Crippen MR) is 56.1 cm³/mol. The molecule has 0 amide bonds. The molecule has 2 aliphatic rings. The van der Waals surface area contributed by atoms with Gasteiger partial charge in [0.05, 0.1) is 6.04 Å². The molecule has 0 spiro atoms. The summed E-state index contributed by atoms with van der Waals surface area (Å²) >= 11 is 0. The number of hydrogen-bond donors (Lipinski definition) is 2. The van der Waals surface area contributed by atoms with E-state index < -0.39 is 5.67 Å². The van der Waals surface area contributed by atoms with Gasteiger partial charge in [0.2, 0.25) is 0 Å². The van der Waals surface area contributed by atoms with Crippen LogP contribution in [0, 0.1) is 0 Å². The van der Waals surface area contributed by atoms with E-state index in [1.165, 1.54) is 0 Å². The van der Waals surface area contributed by atoms with Crippen molar-refractivity contribution < 1.29 is 4.39 Å². The highest BCUT2D eigenvalue weighted by Crippen LogP contribution is 2.35. The number of halogens is 1. The second-order valence-electron chi connectivity index (χ2n) is 5.09. The summed E-state index contributed by atoms with van der Waals surface area (Å²) in [7, 11) is 0. The van der Waals surface area contributed by atoms with Crippen molar-refractivity contribution in [1.82, 2.24) is 10.6 Å². The van der Waals surface area contributed by atoms with Crippen LogP contribution in [0.15, 0.2) is 12.2 Å². The molecule has 2 atom stereocenters. The van der Waals surface area contributed by atoms with Gasteiger partial charge in [-0.3, -0.25) is 0 Å². The Kier molecular flexibility index (Phi) is 2.40. The largest absolute Gasteiger partial charge is 0.312 e.